The molecule has 0 aliphatic carbocycles. The summed E-state index contributed by atoms with van der Waals surface area (Å²) >= 11 is 0. The first-order valence-electron chi connectivity index (χ1n) is 5.34. The fourth-order valence-corrected chi connectivity index (χ4v) is 2.36. The van der Waals surface area contributed by atoms with Gasteiger partial charge in [0, 0.05) is 0 Å². The van der Waals surface area contributed by atoms with Gasteiger partial charge in [-0.05, 0) is 45.9 Å². The molecule has 16 heavy (non-hydrogen) atoms. The van der Waals surface area contributed by atoms with Crippen LogP contribution in [0, 0.1) is 0 Å². The van der Waals surface area contributed by atoms with Crippen LogP contribution in [0.2, 0.25) is 0 Å². The van der Waals surface area contributed by atoms with Gasteiger partial charge in [-0.15, -0.1) is 0 Å². The zero-order valence-corrected chi connectivity index (χ0v) is 10.9. The number of ether oxygens (including phenoxy) is 1. The van der Waals surface area contributed by atoms with Gasteiger partial charge in [-0.3, -0.25) is 0 Å². The van der Waals surface area contributed by atoms with Gasteiger partial charge in [0.25, 0.3) is 0 Å². The van der Waals surface area contributed by atoms with Crippen molar-refractivity contribution in [1.82, 2.24) is 0 Å². The maximum Gasteiger partial charge on any atom is 0.180 e. The van der Waals surface area contributed by atoms with Crippen molar-refractivity contribution in [2.75, 3.05) is 0 Å². The fourth-order valence-electron chi connectivity index (χ4n) is 1.27. The molecule has 90 valence electrons. The van der Waals surface area contributed by atoms with Crippen LogP contribution in [0.1, 0.15) is 27.7 Å². The molecule has 0 heterocycles. The van der Waals surface area contributed by atoms with E-state index in [1.165, 1.54) is 0 Å². The van der Waals surface area contributed by atoms with Crippen molar-refractivity contribution in [3.8, 4) is 5.75 Å². The molecule has 0 spiro atoms. The fraction of sp³-hybridized carbons (Fsp3) is 0.500. The van der Waals surface area contributed by atoms with Gasteiger partial charge in [0.15, 0.2) is 9.84 Å². The van der Waals surface area contributed by atoms with Crippen molar-refractivity contribution >= 4 is 9.84 Å². The second-order valence-corrected chi connectivity index (χ2v) is 6.74. The van der Waals surface area contributed by atoms with Crippen LogP contribution < -0.4 is 4.74 Å². The lowest BCUT2D eigenvalue weighted by Gasteiger charge is -2.12. The second kappa shape index (κ2) is 4.87. The maximum atomic E-state index is 11.9. The Balaban J connectivity index is 3.08. The number of hydrogen-bond donors (Lipinski definition) is 0. The van der Waals surface area contributed by atoms with Crippen molar-refractivity contribution in [2.45, 2.75) is 43.9 Å². The molecule has 1 rings (SSSR count). The predicted octanol–water partition coefficient (Wildman–Crippen LogP) is 2.66. The van der Waals surface area contributed by atoms with Gasteiger partial charge in [-0.25, -0.2) is 8.42 Å². The zero-order valence-electron chi connectivity index (χ0n) is 10.1. The highest BCUT2D eigenvalue weighted by atomic mass is 32.2. The second-order valence-electron chi connectivity index (χ2n) is 4.24. The smallest absolute Gasteiger partial charge is 0.180 e. The number of hydrogen-bond acceptors (Lipinski definition) is 3. The van der Waals surface area contributed by atoms with Crippen molar-refractivity contribution in [2.24, 2.45) is 0 Å². The van der Waals surface area contributed by atoms with E-state index in [-0.39, 0.29) is 6.10 Å². The van der Waals surface area contributed by atoms with Crippen molar-refractivity contribution in [1.29, 1.82) is 0 Å². The Bertz CT molecular complexity index is 447. The minimum Gasteiger partial charge on any atom is -0.491 e. The minimum absolute atomic E-state index is 0.0389. The number of rotatable bonds is 4. The Kier molecular flexibility index (Phi) is 3.97. The van der Waals surface area contributed by atoms with Crippen LogP contribution in [-0.2, 0) is 9.84 Å². The van der Waals surface area contributed by atoms with E-state index in [0.29, 0.717) is 10.6 Å². The standard InChI is InChI=1S/C12H18O3S/c1-9(2)15-11-6-5-7-12(8-11)16(13,14)10(3)4/h5-10H,1-4H3. The molecule has 0 radical (unpaired) electrons. The third kappa shape index (κ3) is 2.98. The first-order valence-corrected chi connectivity index (χ1v) is 6.89. The molecule has 0 fully saturated rings. The zero-order chi connectivity index (χ0) is 12.3. The van der Waals surface area contributed by atoms with E-state index in [1.807, 2.05) is 13.8 Å². The summed E-state index contributed by atoms with van der Waals surface area (Å²) in [6.45, 7) is 7.16. The molecule has 0 bridgehead atoms. The molecule has 1 aromatic rings. The van der Waals surface area contributed by atoms with E-state index in [9.17, 15) is 8.42 Å². The largest absolute Gasteiger partial charge is 0.491 e. The minimum atomic E-state index is -3.22. The summed E-state index contributed by atoms with van der Waals surface area (Å²) in [4.78, 5) is 0.320. The van der Waals surface area contributed by atoms with Gasteiger partial charge in [0.2, 0.25) is 0 Å². The van der Waals surface area contributed by atoms with E-state index in [4.69, 9.17) is 4.74 Å². The summed E-state index contributed by atoms with van der Waals surface area (Å²) in [6, 6.07) is 6.64. The van der Waals surface area contributed by atoms with Crippen LogP contribution in [0.25, 0.3) is 0 Å². The van der Waals surface area contributed by atoms with Gasteiger partial charge >= 0.3 is 0 Å². The van der Waals surface area contributed by atoms with Crippen LogP contribution in [0.5, 0.6) is 5.75 Å². The van der Waals surface area contributed by atoms with Crippen molar-refractivity contribution in [3.05, 3.63) is 24.3 Å². The molecule has 1 aromatic carbocycles. The predicted molar refractivity (Wildman–Crippen MR) is 64.5 cm³/mol. The van der Waals surface area contributed by atoms with Crippen molar-refractivity contribution < 1.29 is 13.2 Å². The topological polar surface area (TPSA) is 43.4 Å². The summed E-state index contributed by atoms with van der Waals surface area (Å²) in [5.41, 5.74) is 0. The lowest BCUT2D eigenvalue weighted by molar-refractivity contribution is 0.242. The highest BCUT2D eigenvalue weighted by Crippen LogP contribution is 2.21. The SMILES string of the molecule is CC(C)Oc1cccc(S(=O)(=O)C(C)C)c1. The van der Waals surface area contributed by atoms with Gasteiger partial charge in [0.05, 0.1) is 16.2 Å². The summed E-state index contributed by atoms with van der Waals surface area (Å²) in [5, 5.41) is -0.415. The summed E-state index contributed by atoms with van der Waals surface area (Å²) < 4.78 is 29.3. The van der Waals surface area contributed by atoms with E-state index in [0.717, 1.165) is 0 Å². The highest BCUT2D eigenvalue weighted by Gasteiger charge is 2.19. The summed E-state index contributed by atoms with van der Waals surface area (Å²) in [5.74, 6) is 0.594. The van der Waals surface area contributed by atoms with E-state index < -0.39 is 15.1 Å². The maximum absolute atomic E-state index is 11.9. The number of sulfone groups is 1. The van der Waals surface area contributed by atoms with Gasteiger partial charge in [-0.1, -0.05) is 6.07 Å². The lowest BCUT2D eigenvalue weighted by Crippen LogP contribution is -2.14. The monoisotopic (exact) mass is 242 g/mol. The normalized spacial score (nSPS) is 12.1. The van der Waals surface area contributed by atoms with Crippen LogP contribution in [-0.4, -0.2) is 19.8 Å². The molecule has 0 atom stereocenters. The third-order valence-electron chi connectivity index (χ3n) is 2.13. The molecule has 3 nitrogen and oxygen atoms in total. The van der Waals surface area contributed by atoms with E-state index in [1.54, 1.807) is 38.1 Å². The molecule has 0 amide bonds. The van der Waals surface area contributed by atoms with Crippen LogP contribution in [0.15, 0.2) is 29.2 Å². The van der Waals surface area contributed by atoms with Gasteiger partial charge in [-0.2, -0.15) is 0 Å². The van der Waals surface area contributed by atoms with Crippen LogP contribution >= 0.6 is 0 Å². The molecule has 0 unspecified atom stereocenters. The van der Waals surface area contributed by atoms with Crippen molar-refractivity contribution in [3.63, 3.8) is 0 Å². The van der Waals surface area contributed by atoms with Crippen LogP contribution in [0.3, 0.4) is 0 Å². The Labute approximate surface area is 97.4 Å². The average Bonchev–Trinajstić information content (AvgIpc) is 2.16. The summed E-state index contributed by atoms with van der Waals surface area (Å²) in [7, 11) is -3.22. The Morgan fingerprint density at radius 1 is 1.12 bits per heavy atom. The molecule has 0 saturated heterocycles. The molecule has 4 heteroatoms. The molecule has 0 N–H and O–H groups in total. The molecule has 0 aliphatic heterocycles. The third-order valence-corrected chi connectivity index (χ3v) is 4.28. The van der Waals surface area contributed by atoms with E-state index in [2.05, 4.69) is 0 Å². The molecule has 0 aromatic heterocycles. The lowest BCUT2D eigenvalue weighted by atomic mass is 10.3. The summed E-state index contributed by atoms with van der Waals surface area (Å²) in [6.07, 6.45) is 0.0389. The molecule has 0 aliphatic rings. The average molecular weight is 242 g/mol. The first-order chi connectivity index (χ1) is 7.34. The Morgan fingerprint density at radius 2 is 1.75 bits per heavy atom. The van der Waals surface area contributed by atoms with Gasteiger partial charge in [0.1, 0.15) is 5.75 Å². The first kappa shape index (κ1) is 13.0. The molecule has 0 saturated carbocycles. The molecular formula is C12H18O3S. The Morgan fingerprint density at radius 3 is 2.25 bits per heavy atom. The molecular weight excluding hydrogens is 224 g/mol. The van der Waals surface area contributed by atoms with Crippen LogP contribution in [0.4, 0.5) is 0 Å². The Hall–Kier alpha value is -1.03. The van der Waals surface area contributed by atoms with Gasteiger partial charge < -0.3 is 4.74 Å². The highest BCUT2D eigenvalue weighted by molar-refractivity contribution is 7.92. The number of benzene rings is 1. The van der Waals surface area contributed by atoms with E-state index >= 15 is 0 Å². The quantitative estimate of drug-likeness (QED) is 0.815.